The number of anilines is 1. The molecular formula is C23H23ClN2O5. The molecule has 7 nitrogen and oxygen atoms in total. The molecule has 0 bridgehead atoms. The maximum atomic E-state index is 12.8. The molecule has 1 aliphatic rings. The molecule has 0 unspecified atom stereocenters. The summed E-state index contributed by atoms with van der Waals surface area (Å²) in [6, 6.07) is 10.4. The molecule has 8 heteroatoms. The molecule has 0 aromatic heterocycles. The number of esters is 1. The van der Waals surface area contributed by atoms with Gasteiger partial charge in [0.15, 0.2) is 6.61 Å². The van der Waals surface area contributed by atoms with Gasteiger partial charge >= 0.3 is 5.97 Å². The zero-order valence-corrected chi connectivity index (χ0v) is 18.1. The molecule has 31 heavy (non-hydrogen) atoms. The van der Waals surface area contributed by atoms with Crippen molar-refractivity contribution >= 4 is 41.0 Å². The molecule has 0 aliphatic carbocycles. The third-order valence-corrected chi connectivity index (χ3v) is 5.29. The van der Waals surface area contributed by atoms with Crippen LogP contribution in [0.5, 0.6) is 0 Å². The quantitative estimate of drug-likeness (QED) is 0.493. The predicted molar refractivity (Wildman–Crippen MR) is 116 cm³/mol. The number of amides is 3. The molecule has 2 aromatic rings. The lowest BCUT2D eigenvalue weighted by Gasteiger charge is -2.24. The Kier molecular flexibility index (Phi) is 7.07. The van der Waals surface area contributed by atoms with E-state index in [1.807, 2.05) is 6.92 Å². The second-order valence-corrected chi connectivity index (χ2v) is 7.74. The number of fused-ring (bicyclic) bond motifs is 1. The summed E-state index contributed by atoms with van der Waals surface area (Å²) < 4.78 is 5.18. The summed E-state index contributed by atoms with van der Waals surface area (Å²) in [7, 11) is 0. The number of benzene rings is 2. The number of carbonyl (C=O) groups is 4. The Labute approximate surface area is 185 Å². The molecule has 3 rings (SSSR count). The fourth-order valence-corrected chi connectivity index (χ4v) is 3.56. The number of hydrogen-bond acceptors (Lipinski definition) is 5. The summed E-state index contributed by atoms with van der Waals surface area (Å²) in [5, 5.41) is 3.10. The van der Waals surface area contributed by atoms with E-state index in [1.54, 1.807) is 49.4 Å². The van der Waals surface area contributed by atoms with Gasteiger partial charge in [0.25, 0.3) is 17.7 Å². The summed E-state index contributed by atoms with van der Waals surface area (Å²) in [4.78, 5) is 51.5. The van der Waals surface area contributed by atoms with Gasteiger partial charge in [-0.1, -0.05) is 49.6 Å². The molecule has 1 heterocycles. The molecule has 0 saturated carbocycles. The molecule has 0 radical (unpaired) electrons. The number of aryl methyl sites for hydroxylation is 1. The van der Waals surface area contributed by atoms with Gasteiger partial charge in [0.2, 0.25) is 0 Å². The Morgan fingerprint density at radius 2 is 1.74 bits per heavy atom. The Balaban J connectivity index is 1.69. The minimum Gasteiger partial charge on any atom is -0.454 e. The summed E-state index contributed by atoms with van der Waals surface area (Å²) in [5.74, 6) is -2.40. The first-order valence-electron chi connectivity index (χ1n) is 10.0. The van der Waals surface area contributed by atoms with Gasteiger partial charge in [-0.05, 0) is 43.2 Å². The van der Waals surface area contributed by atoms with Crippen molar-refractivity contribution in [3.8, 4) is 0 Å². The lowest BCUT2D eigenvalue weighted by atomic mass is 10.1. The van der Waals surface area contributed by atoms with E-state index in [2.05, 4.69) is 5.32 Å². The monoisotopic (exact) mass is 442 g/mol. The number of hydrogen-bond donors (Lipinski definition) is 1. The topological polar surface area (TPSA) is 92.8 Å². The van der Waals surface area contributed by atoms with Crippen molar-refractivity contribution in [1.82, 2.24) is 4.90 Å². The SMILES string of the molecule is CCCC[C@H](C(=O)OCC(=O)Nc1cc(Cl)ccc1C)N1C(=O)c2ccccc2C1=O. The van der Waals surface area contributed by atoms with E-state index in [0.717, 1.165) is 16.9 Å². The molecule has 0 saturated heterocycles. The highest BCUT2D eigenvalue weighted by atomic mass is 35.5. The molecule has 0 fully saturated rings. The highest BCUT2D eigenvalue weighted by Gasteiger charge is 2.43. The molecule has 1 N–H and O–H groups in total. The van der Waals surface area contributed by atoms with Crippen LogP contribution in [0.15, 0.2) is 42.5 Å². The Bertz CT molecular complexity index is 1000. The average Bonchev–Trinajstić information content (AvgIpc) is 3.00. The third kappa shape index (κ3) is 4.94. The van der Waals surface area contributed by atoms with E-state index in [0.29, 0.717) is 17.1 Å². The van der Waals surface area contributed by atoms with Crippen LogP contribution in [0.25, 0.3) is 0 Å². The smallest absolute Gasteiger partial charge is 0.329 e. The zero-order valence-electron chi connectivity index (χ0n) is 17.3. The molecular weight excluding hydrogens is 420 g/mol. The molecule has 1 atom stereocenters. The number of ether oxygens (including phenoxy) is 1. The minimum atomic E-state index is -1.09. The van der Waals surface area contributed by atoms with Gasteiger partial charge in [0, 0.05) is 10.7 Å². The molecule has 2 aromatic carbocycles. The second kappa shape index (κ2) is 9.75. The second-order valence-electron chi connectivity index (χ2n) is 7.30. The first-order chi connectivity index (χ1) is 14.8. The Morgan fingerprint density at radius 3 is 2.35 bits per heavy atom. The minimum absolute atomic E-state index is 0.260. The fourth-order valence-electron chi connectivity index (χ4n) is 3.39. The summed E-state index contributed by atoms with van der Waals surface area (Å²) >= 11 is 5.95. The zero-order chi connectivity index (χ0) is 22.5. The lowest BCUT2D eigenvalue weighted by molar-refractivity contribution is -0.151. The first kappa shape index (κ1) is 22.5. The molecule has 162 valence electrons. The normalized spacial score (nSPS) is 13.7. The number of unbranched alkanes of at least 4 members (excludes halogenated alkanes) is 1. The maximum Gasteiger partial charge on any atom is 0.329 e. The largest absolute Gasteiger partial charge is 0.454 e. The van der Waals surface area contributed by atoms with Crippen molar-refractivity contribution in [2.45, 2.75) is 39.2 Å². The van der Waals surface area contributed by atoms with Crippen molar-refractivity contribution in [1.29, 1.82) is 0 Å². The highest BCUT2D eigenvalue weighted by molar-refractivity contribution is 6.31. The van der Waals surface area contributed by atoms with Crippen LogP contribution in [0.1, 0.15) is 52.5 Å². The van der Waals surface area contributed by atoms with Gasteiger partial charge in [0.05, 0.1) is 11.1 Å². The van der Waals surface area contributed by atoms with E-state index in [1.165, 1.54) is 0 Å². The van der Waals surface area contributed by atoms with Crippen LogP contribution in [-0.4, -0.2) is 41.2 Å². The number of rotatable bonds is 8. The van der Waals surface area contributed by atoms with Gasteiger partial charge in [0.1, 0.15) is 6.04 Å². The van der Waals surface area contributed by atoms with Crippen LogP contribution in [0.2, 0.25) is 5.02 Å². The van der Waals surface area contributed by atoms with Crippen molar-refractivity contribution in [2.24, 2.45) is 0 Å². The van der Waals surface area contributed by atoms with Crippen LogP contribution in [0.3, 0.4) is 0 Å². The van der Waals surface area contributed by atoms with E-state index in [9.17, 15) is 19.2 Å². The number of nitrogens with one attached hydrogen (secondary N) is 1. The summed E-state index contributed by atoms with van der Waals surface area (Å²) in [5.41, 5.74) is 1.83. The van der Waals surface area contributed by atoms with Gasteiger partial charge in [-0.25, -0.2) is 4.79 Å². The van der Waals surface area contributed by atoms with Crippen LogP contribution in [-0.2, 0) is 14.3 Å². The van der Waals surface area contributed by atoms with Crippen LogP contribution in [0, 0.1) is 6.92 Å². The standard InChI is InChI=1S/C23H23ClN2O5/c1-3-4-9-19(26-21(28)16-7-5-6-8-17(16)22(26)29)23(30)31-13-20(27)25-18-12-15(24)11-10-14(18)2/h5-8,10-12,19H,3-4,9,13H2,1-2H3,(H,25,27)/t19-/m1/s1. The Morgan fingerprint density at radius 1 is 1.10 bits per heavy atom. The van der Waals surface area contributed by atoms with E-state index in [4.69, 9.17) is 16.3 Å². The highest BCUT2D eigenvalue weighted by Crippen LogP contribution is 2.27. The number of imide groups is 1. The molecule has 3 amide bonds. The first-order valence-corrected chi connectivity index (χ1v) is 10.4. The molecule has 0 spiro atoms. The van der Waals surface area contributed by atoms with Crippen molar-refractivity contribution in [2.75, 3.05) is 11.9 Å². The van der Waals surface area contributed by atoms with E-state index >= 15 is 0 Å². The van der Waals surface area contributed by atoms with Crippen molar-refractivity contribution in [3.05, 3.63) is 64.2 Å². The van der Waals surface area contributed by atoms with E-state index < -0.39 is 36.3 Å². The van der Waals surface area contributed by atoms with Crippen molar-refractivity contribution < 1.29 is 23.9 Å². The van der Waals surface area contributed by atoms with Gasteiger partial charge < -0.3 is 10.1 Å². The third-order valence-electron chi connectivity index (χ3n) is 5.06. The fraction of sp³-hybridized carbons (Fsp3) is 0.304. The van der Waals surface area contributed by atoms with Gasteiger partial charge in [-0.15, -0.1) is 0 Å². The summed E-state index contributed by atoms with van der Waals surface area (Å²) in [6.45, 7) is 3.20. The number of halogens is 1. The predicted octanol–water partition coefficient (Wildman–Crippen LogP) is 3.99. The van der Waals surface area contributed by atoms with E-state index in [-0.39, 0.29) is 17.5 Å². The molecule has 1 aliphatic heterocycles. The van der Waals surface area contributed by atoms with Crippen LogP contribution >= 0.6 is 11.6 Å². The maximum absolute atomic E-state index is 12.8. The summed E-state index contributed by atoms with van der Waals surface area (Å²) in [6.07, 6.45) is 1.64. The Hall–Kier alpha value is -3.19. The van der Waals surface area contributed by atoms with Gasteiger partial charge in [-0.2, -0.15) is 0 Å². The van der Waals surface area contributed by atoms with Gasteiger partial charge in [-0.3, -0.25) is 19.3 Å². The van der Waals surface area contributed by atoms with Crippen molar-refractivity contribution in [3.63, 3.8) is 0 Å². The number of carbonyl (C=O) groups excluding carboxylic acids is 4. The lowest BCUT2D eigenvalue weighted by Crippen LogP contribution is -2.46. The average molecular weight is 443 g/mol. The number of nitrogens with zero attached hydrogens (tertiary/aromatic N) is 1. The van der Waals surface area contributed by atoms with Crippen LogP contribution in [0.4, 0.5) is 5.69 Å². The van der Waals surface area contributed by atoms with Crippen LogP contribution < -0.4 is 5.32 Å².